The number of amides is 1. The number of aromatic nitrogens is 1. The fraction of sp³-hybridized carbons (Fsp3) is 0.368. The first kappa shape index (κ1) is 15.5. The number of benzene rings is 1. The molecule has 0 fully saturated rings. The zero-order valence-electron chi connectivity index (χ0n) is 13.8. The molecule has 1 aromatic heterocycles. The zero-order chi connectivity index (χ0) is 16.4. The lowest BCUT2D eigenvalue weighted by molar-refractivity contribution is -0.124. The Labute approximate surface area is 136 Å². The second kappa shape index (κ2) is 6.41. The van der Waals surface area contributed by atoms with Crippen molar-refractivity contribution >= 4 is 5.91 Å². The van der Waals surface area contributed by atoms with Gasteiger partial charge in [-0.3, -0.25) is 9.78 Å². The molecule has 0 saturated carbocycles. The van der Waals surface area contributed by atoms with E-state index in [1.165, 1.54) is 5.56 Å². The highest BCUT2D eigenvalue weighted by molar-refractivity contribution is 5.78. The van der Waals surface area contributed by atoms with Gasteiger partial charge in [0, 0.05) is 24.1 Å². The normalized spacial score (nSPS) is 16.1. The standard InChI is InChI=1S/C19H22N2O2/c1-12(2)19(22)21-11-15-10-14-7-4-8-16(18(14)23-15)17-13(3)6-5-9-20-17/h4-9,12,15H,10-11H2,1-3H3,(H,21,22)/t15-/m1/s1. The molecular formula is C19H22N2O2. The summed E-state index contributed by atoms with van der Waals surface area (Å²) in [6, 6.07) is 10.2. The van der Waals surface area contributed by atoms with E-state index in [1.54, 1.807) is 6.20 Å². The van der Waals surface area contributed by atoms with Crippen molar-refractivity contribution in [3.63, 3.8) is 0 Å². The number of carbonyl (C=O) groups is 1. The van der Waals surface area contributed by atoms with Crippen LogP contribution in [-0.2, 0) is 11.2 Å². The van der Waals surface area contributed by atoms with Crippen LogP contribution in [0.3, 0.4) is 0 Å². The molecule has 1 aromatic carbocycles. The molecule has 3 rings (SSSR count). The van der Waals surface area contributed by atoms with E-state index < -0.39 is 0 Å². The van der Waals surface area contributed by atoms with Gasteiger partial charge in [-0.05, 0) is 30.2 Å². The molecule has 1 aliphatic rings. The molecule has 0 aliphatic carbocycles. The summed E-state index contributed by atoms with van der Waals surface area (Å²) in [6.07, 6.45) is 2.60. The Morgan fingerprint density at radius 2 is 2.17 bits per heavy atom. The first-order chi connectivity index (χ1) is 11.1. The van der Waals surface area contributed by atoms with Gasteiger partial charge in [-0.25, -0.2) is 0 Å². The van der Waals surface area contributed by atoms with Crippen molar-refractivity contribution in [2.24, 2.45) is 5.92 Å². The van der Waals surface area contributed by atoms with E-state index in [-0.39, 0.29) is 17.9 Å². The van der Waals surface area contributed by atoms with Crippen LogP contribution in [0.15, 0.2) is 36.5 Å². The van der Waals surface area contributed by atoms with E-state index in [2.05, 4.69) is 29.4 Å². The molecule has 0 saturated heterocycles. The summed E-state index contributed by atoms with van der Waals surface area (Å²) >= 11 is 0. The highest BCUT2D eigenvalue weighted by Crippen LogP contribution is 2.38. The highest BCUT2D eigenvalue weighted by Gasteiger charge is 2.27. The van der Waals surface area contributed by atoms with E-state index in [4.69, 9.17) is 4.74 Å². The topological polar surface area (TPSA) is 51.2 Å². The summed E-state index contributed by atoms with van der Waals surface area (Å²) in [5.74, 6) is 0.953. The molecule has 0 spiro atoms. The van der Waals surface area contributed by atoms with Crippen molar-refractivity contribution in [3.8, 4) is 17.0 Å². The van der Waals surface area contributed by atoms with Crippen LogP contribution in [0.4, 0.5) is 0 Å². The summed E-state index contributed by atoms with van der Waals surface area (Å²) in [5, 5.41) is 2.95. The second-order valence-corrected chi connectivity index (χ2v) is 6.31. The minimum absolute atomic E-state index is 0.00879. The Morgan fingerprint density at radius 3 is 2.91 bits per heavy atom. The predicted molar refractivity (Wildman–Crippen MR) is 90.4 cm³/mol. The second-order valence-electron chi connectivity index (χ2n) is 6.31. The highest BCUT2D eigenvalue weighted by atomic mass is 16.5. The average Bonchev–Trinajstić information content (AvgIpc) is 2.96. The van der Waals surface area contributed by atoms with Gasteiger partial charge in [0.15, 0.2) is 0 Å². The monoisotopic (exact) mass is 310 g/mol. The van der Waals surface area contributed by atoms with Crippen molar-refractivity contribution in [2.75, 3.05) is 6.54 Å². The molecule has 1 N–H and O–H groups in total. The SMILES string of the molecule is Cc1cccnc1-c1cccc2c1O[C@@H](CNC(=O)C(C)C)C2. The van der Waals surface area contributed by atoms with Gasteiger partial charge in [-0.2, -0.15) is 0 Å². The quantitative estimate of drug-likeness (QED) is 0.944. The predicted octanol–water partition coefficient (Wildman–Crippen LogP) is 3.13. The van der Waals surface area contributed by atoms with Crippen molar-refractivity contribution in [1.82, 2.24) is 10.3 Å². The minimum atomic E-state index is -0.0159. The minimum Gasteiger partial charge on any atom is -0.487 e. The van der Waals surface area contributed by atoms with E-state index in [0.29, 0.717) is 6.54 Å². The molecular weight excluding hydrogens is 288 g/mol. The number of hydrogen-bond donors (Lipinski definition) is 1. The largest absolute Gasteiger partial charge is 0.487 e. The molecule has 1 atom stereocenters. The first-order valence-corrected chi connectivity index (χ1v) is 8.04. The summed E-state index contributed by atoms with van der Waals surface area (Å²) in [7, 11) is 0. The maximum Gasteiger partial charge on any atom is 0.222 e. The Bertz CT molecular complexity index is 725. The number of para-hydroxylation sites is 1. The van der Waals surface area contributed by atoms with E-state index >= 15 is 0 Å². The molecule has 120 valence electrons. The Kier molecular flexibility index (Phi) is 4.33. The van der Waals surface area contributed by atoms with Crippen molar-refractivity contribution in [2.45, 2.75) is 33.3 Å². The first-order valence-electron chi connectivity index (χ1n) is 8.04. The van der Waals surface area contributed by atoms with Crippen LogP contribution in [0, 0.1) is 12.8 Å². The van der Waals surface area contributed by atoms with Crippen LogP contribution < -0.4 is 10.1 Å². The zero-order valence-corrected chi connectivity index (χ0v) is 13.8. The summed E-state index contributed by atoms with van der Waals surface area (Å²) < 4.78 is 6.12. The van der Waals surface area contributed by atoms with Gasteiger partial charge in [0.05, 0.1) is 12.2 Å². The Morgan fingerprint density at radius 1 is 1.35 bits per heavy atom. The van der Waals surface area contributed by atoms with Crippen LogP contribution in [-0.4, -0.2) is 23.5 Å². The van der Waals surface area contributed by atoms with Gasteiger partial charge in [-0.1, -0.05) is 32.0 Å². The summed E-state index contributed by atoms with van der Waals surface area (Å²) in [6.45, 7) is 6.37. The molecule has 23 heavy (non-hydrogen) atoms. The van der Waals surface area contributed by atoms with Crippen LogP contribution in [0.2, 0.25) is 0 Å². The Hall–Kier alpha value is -2.36. The number of ether oxygens (including phenoxy) is 1. The van der Waals surface area contributed by atoms with Gasteiger partial charge < -0.3 is 10.1 Å². The molecule has 2 aromatic rings. The van der Waals surface area contributed by atoms with Crippen LogP contribution in [0.1, 0.15) is 25.0 Å². The fourth-order valence-corrected chi connectivity index (χ4v) is 2.82. The van der Waals surface area contributed by atoms with Gasteiger partial charge in [0.25, 0.3) is 0 Å². The van der Waals surface area contributed by atoms with Crippen molar-refractivity contribution in [1.29, 1.82) is 0 Å². The summed E-state index contributed by atoms with van der Waals surface area (Å²) in [5.41, 5.74) is 4.28. The van der Waals surface area contributed by atoms with Crippen LogP contribution in [0.5, 0.6) is 5.75 Å². The lowest BCUT2D eigenvalue weighted by Gasteiger charge is -2.14. The lowest BCUT2D eigenvalue weighted by atomic mass is 10.0. The Balaban J connectivity index is 1.80. The third-order valence-electron chi connectivity index (χ3n) is 4.12. The fourth-order valence-electron chi connectivity index (χ4n) is 2.82. The van der Waals surface area contributed by atoms with Gasteiger partial charge in [0.1, 0.15) is 11.9 Å². The number of rotatable bonds is 4. The smallest absolute Gasteiger partial charge is 0.222 e. The molecule has 4 heteroatoms. The molecule has 0 radical (unpaired) electrons. The maximum atomic E-state index is 11.7. The average molecular weight is 310 g/mol. The van der Waals surface area contributed by atoms with E-state index in [1.807, 2.05) is 32.0 Å². The number of pyridine rings is 1. The molecule has 1 aliphatic heterocycles. The van der Waals surface area contributed by atoms with Crippen molar-refractivity contribution in [3.05, 3.63) is 47.7 Å². The van der Waals surface area contributed by atoms with Gasteiger partial charge >= 0.3 is 0 Å². The third-order valence-corrected chi connectivity index (χ3v) is 4.12. The molecule has 4 nitrogen and oxygen atoms in total. The number of hydrogen-bond acceptors (Lipinski definition) is 3. The molecule has 2 heterocycles. The molecule has 0 bridgehead atoms. The molecule has 1 amide bonds. The molecule has 0 unspecified atom stereocenters. The lowest BCUT2D eigenvalue weighted by Crippen LogP contribution is -2.36. The van der Waals surface area contributed by atoms with E-state index in [0.717, 1.165) is 29.0 Å². The van der Waals surface area contributed by atoms with E-state index in [9.17, 15) is 4.79 Å². The maximum absolute atomic E-state index is 11.7. The third kappa shape index (κ3) is 3.21. The number of nitrogens with one attached hydrogen (secondary N) is 1. The summed E-state index contributed by atoms with van der Waals surface area (Å²) in [4.78, 5) is 16.2. The van der Waals surface area contributed by atoms with Gasteiger partial charge in [0.2, 0.25) is 5.91 Å². The van der Waals surface area contributed by atoms with Crippen LogP contribution >= 0.6 is 0 Å². The number of nitrogens with zero attached hydrogens (tertiary/aromatic N) is 1. The number of carbonyl (C=O) groups excluding carboxylic acids is 1. The van der Waals surface area contributed by atoms with Crippen molar-refractivity contribution < 1.29 is 9.53 Å². The van der Waals surface area contributed by atoms with Gasteiger partial charge in [-0.15, -0.1) is 0 Å². The number of aryl methyl sites for hydroxylation is 1. The number of fused-ring (bicyclic) bond motifs is 1. The van der Waals surface area contributed by atoms with Crippen LogP contribution in [0.25, 0.3) is 11.3 Å².